The first-order valence-electron chi connectivity index (χ1n) is 10.2. The van der Waals surface area contributed by atoms with Crippen molar-refractivity contribution >= 4 is 5.91 Å². The van der Waals surface area contributed by atoms with Crippen LogP contribution in [-0.4, -0.2) is 38.7 Å². The van der Waals surface area contributed by atoms with Crippen LogP contribution in [0, 0.1) is 19.7 Å². The molecule has 6 nitrogen and oxygen atoms in total. The van der Waals surface area contributed by atoms with Crippen LogP contribution in [0.1, 0.15) is 51.6 Å². The number of rotatable bonds is 4. The fourth-order valence-electron chi connectivity index (χ4n) is 4.19. The Balaban J connectivity index is 1.46. The Labute approximate surface area is 174 Å². The first kappa shape index (κ1) is 20.1. The van der Waals surface area contributed by atoms with E-state index in [1.54, 1.807) is 16.7 Å². The number of aromatic nitrogens is 3. The maximum atomic E-state index is 13.2. The minimum absolute atomic E-state index is 0.0472. The molecule has 2 aromatic carbocycles. The van der Waals surface area contributed by atoms with Crippen LogP contribution in [0.3, 0.4) is 0 Å². The number of amides is 1. The number of carbonyl (C=O) groups excluding carboxylic acids is 1. The number of aryl methyl sites for hydroxylation is 2. The third-order valence-electron chi connectivity index (χ3n) is 5.66. The molecular weight excluding hydrogens is 383 g/mol. The summed E-state index contributed by atoms with van der Waals surface area (Å²) in [5.41, 5.74) is 3.44. The lowest BCUT2D eigenvalue weighted by Crippen LogP contribution is -2.38. The second kappa shape index (κ2) is 8.26. The lowest BCUT2D eigenvalue weighted by molar-refractivity contribution is 0.0710. The summed E-state index contributed by atoms with van der Waals surface area (Å²) in [6.07, 6.45) is 1.48. The van der Waals surface area contributed by atoms with E-state index in [0.717, 1.165) is 35.1 Å². The van der Waals surface area contributed by atoms with E-state index >= 15 is 0 Å². The molecule has 1 N–H and O–H groups in total. The van der Waals surface area contributed by atoms with Crippen LogP contribution in [0.25, 0.3) is 0 Å². The molecule has 1 aliphatic rings. The summed E-state index contributed by atoms with van der Waals surface area (Å²) in [5.74, 6) is 0.529. The van der Waals surface area contributed by atoms with Gasteiger partial charge < -0.3 is 4.90 Å². The Hall–Kier alpha value is -3.22. The van der Waals surface area contributed by atoms with Crippen molar-refractivity contribution in [2.75, 3.05) is 13.1 Å². The molecule has 1 fully saturated rings. The number of carbonyl (C=O) groups is 1. The summed E-state index contributed by atoms with van der Waals surface area (Å²) in [7, 11) is 0. The molecule has 0 radical (unpaired) electrons. The zero-order chi connectivity index (χ0) is 21.3. The van der Waals surface area contributed by atoms with Crippen LogP contribution in [-0.2, 0) is 6.54 Å². The highest BCUT2D eigenvalue weighted by molar-refractivity contribution is 5.94. The van der Waals surface area contributed by atoms with Crippen molar-refractivity contribution < 1.29 is 9.18 Å². The second-order valence-corrected chi connectivity index (χ2v) is 8.04. The molecule has 0 bridgehead atoms. The number of H-pyrrole nitrogens is 1. The van der Waals surface area contributed by atoms with Crippen LogP contribution in [0.2, 0.25) is 0 Å². The topological polar surface area (TPSA) is 71.0 Å². The van der Waals surface area contributed by atoms with Crippen molar-refractivity contribution in [1.82, 2.24) is 19.7 Å². The normalized spacial score (nSPS) is 14.8. The van der Waals surface area contributed by atoms with E-state index in [9.17, 15) is 14.0 Å². The summed E-state index contributed by atoms with van der Waals surface area (Å²) in [4.78, 5) is 27.1. The molecule has 30 heavy (non-hydrogen) atoms. The molecule has 156 valence electrons. The molecule has 1 aliphatic heterocycles. The fourth-order valence-corrected chi connectivity index (χ4v) is 4.19. The molecule has 1 saturated heterocycles. The van der Waals surface area contributed by atoms with E-state index in [4.69, 9.17) is 0 Å². The number of piperidine rings is 1. The average molecular weight is 408 g/mol. The number of aromatic amines is 1. The SMILES string of the molecule is Cc1cc(C)cc(C(=O)N2CCC(c3n[nH]c(=O)n3Cc3ccc(F)cc3)CC2)c1. The Bertz CT molecular complexity index is 1090. The van der Waals surface area contributed by atoms with Gasteiger partial charge in [0.25, 0.3) is 5.91 Å². The number of hydrogen-bond donors (Lipinski definition) is 1. The van der Waals surface area contributed by atoms with Gasteiger partial charge in [0.15, 0.2) is 0 Å². The maximum Gasteiger partial charge on any atom is 0.343 e. The van der Waals surface area contributed by atoms with Crippen molar-refractivity contribution in [2.24, 2.45) is 0 Å². The highest BCUT2D eigenvalue weighted by Crippen LogP contribution is 2.27. The number of nitrogens with one attached hydrogen (secondary N) is 1. The van der Waals surface area contributed by atoms with Crippen LogP contribution in [0.4, 0.5) is 4.39 Å². The van der Waals surface area contributed by atoms with Gasteiger partial charge in [-0.3, -0.25) is 9.36 Å². The fraction of sp³-hybridized carbons (Fsp3) is 0.348. The van der Waals surface area contributed by atoms with Gasteiger partial charge in [-0.15, -0.1) is 0 Å². The zero-order valence-electron chi connectivity index (χ0n) is 17.2. The van der Waals surface area contributed by atoms with E-state index in [1.807, 2.05) is 30.9 Å². The molecular formula is C23H25FN4O2. The standard InChI is InChI=1S/C23H25FN4O2/c1-15-11-16(2)13-19(12-15)22(29)27-9-7-18(8-10-27)21-25-26-23(30)28(21)14-17-3-5-20(24)6-4-17/h3-6,11-13,18H,7-10,14H2,1-2H3,(H,26,30). The molecule has 0 atom stereocenters. The zero-order valence-corrected chi connectivity index (χ0v) is 17.2. The largest absolute Gasteiger partial charge is 0.343 e. The number of benzene rings is 2. The lowest BCUT2D eigenvalue weighted by atomic mass is 9.95. The predicted octanol–water partition coefficient (Wildman–Crippen LogP) is 3.40. The minimum Gasteiger partial charge on any atom is -0.339 e. The van der Waals surface area contributed by atoms with E-state index in [1.165, 1.54) is 12.1 Å². The number of nitrogens with zero attached hydrogens (tertiary/aromatic N) is 3. The molecule has 3 aromatic rings. The summed E-state index contributed by atoms with van der Waals surface area (Å²) in [5, 5.41) is 6.79. The van der Waals surface area contributed by atoms with Crippen LogP contribution >= 0.6 is 0 Å². The van der Waals surface area contributed by atoms with Crippen molar-refractivity contribution in [1.29, 1.82) is 0 Å². The molecule has 0 unspecified atom stereocenters. The molecule has 0 saturated carbocycles. The van der Waals surface area contributed by atoms with Gasteiger partial charge in [0.2, 0.25) is 0 Å². The smallest absolute Gasteiger partial charge is 0.339 e. The van der Waals surface area contributed by atoms with E-state index in [0.29, 0.717) is 25.5 Å². The summed E-state index contributed by atoms with van der Waals surface area (Å²) in [6, 6.07) is 12.0. The quantitative estimate of drug-likeness (QED) is 0.719. The maximum absolute atomic E-state index is 13.2. The van der Waals surface area contributed by atoms with E-state index < -0.39 is 0 Å². The third kappa shape index (κ3) is 4.20. The van der Waals surface area contributed by atoms with E-state index in [-0.39, 0.29) is 23.3 Å². The van der Waals surface area contributed by atoms with Crippen LogP contribution < -0.4 is 5.69 Å². The molecule has 4 rings (SSSR count). The molecule has 1 aromatic heterocycles. The number of halogens is 1. The summed E-state index contributed by atoms with van der Waals surface area (Å²) in [6.45, 7) is 5.57. The number of hydrogen-bond acceptors (Lipinski definition) is 3. The number of likely N-dealkylation sites (tertiary alicyclic amines) is 1. The van der Waals surface area contributed by atoms with Gasteiger partial charge in [0.1, 0.15) is 11.6 Å². The molecule has 1 amide bonds. The van der Waals surface area contributed by atoms with Gasteiger partial charge in [-0.05, 0) is 56.5 Å². The van der Waals surface area contributed by atoms with Crippen LogP contribution in [0.15, 0.2) is 47.3 Å². The Morgan fingerprint density at radius 2 is 1.73 bits per heavy atom. The molecule has 2 heterocycles. The monoisotopic (exact) mass is 408 g/mol. The van der Waals surface area contributed by atoms with Gasteiger partial charge in [0, 0.05) is 24.6 Å². The minimum atomic E-state index is -0.306. The highest BCUT2D eigenvalue weighted by atomic mass is 19.1. The molecule has 0 spiro atoms. The Morgan fingerprint density at radius 3 is 2.37 bits per heavy atom. The van der Waals surface area contributed by atoms with Gasteiger partial charge in [0.05, 0.1) is 6.54 Å². The van der Waals surface area contributed by atoms with Gasteiger partial charge in [-0.1, -0.05) is 29.3 Å². The Kier molecular flexibility index (Phi) is 5.53. The van der Waals surface area contributed by atoms with Gasteiger partial charge in [-0.25, -0.2) is 14.3 Å². The summed E-state index contributed by atoms with van der Waals surface area (Å²) >= 11 is 0. The molecule has 7 heteroatoms. The third-order valence-corrected chi connectivity index (χ3v) is 5.66. The lowest BCUT2D eigenvalue weighted by Gasteiger charge is -2.31. The Morgan fingerprint density at radius 1 is 1.10 bits per heavy atom. The van der Waals surface area contributed by atoms with Gasteiger partial charge in [-0.2, -0.15) is 5.10 Å². The van der Waals surface area contributed by atoms with Crippen molar-refractivity contribution in [2.45, 2.75) is 39.2 Å². The predicted molar refractivity (Wildman–Crippen MR) is 112 cm³/mol. The summed E-state index contributed by atoms with van der Waals surface area (Å²) < 4.78 is 14.8. The van der Waals surface area contributed by atoms with E-state index in [2.05, 4.69) is 16.3 Å². The first-order chi connectivity index (χ1) is 14.4. The van der Waals surface area contributed by atoms with Crippen molar-refractivity contribution in [3.63, 3.8) is 0 Å². The molecule has 0 aliphatic carbocycles. The highest BCUT2D eigenvalue weighted by Gasteiger charge is 2.28. The second-order valence-electron chi connectivity index (χ2n) is 8.04. The van der Waals surface area contributed by atoms with Crippen LogP contribution in [0.5, 0.6) is 0 Å². The van der Waals surface area contributed by atoms with Crippen molar-refractivity contribution in [3.8, 4) is 0 Å². The van der Waals surface area contributed by atoms with Crippen molar-refractivity contribution in [3.05, 3.63) is 86.8 Å². The average Bonchev–Trinajstić information content (AvgIpc) is 3.09. The van der Waals surface area contributed by atoms with Gasteiger partial charge >= 0.3 is 5.69 Å². The first-order valence-corrected chi connectivity index (χ1v) is 10.2.